The highest BCUT2D eigenvalue weighted by Gasteiger charge is 2.25. The molecule has 0 bridgehead atoms. The molecule has 0 aliphatic carbocycles. The predicted octanol–water partition coefficient (Wildman–Crippen LogP) is 2.87. The van der Waals surface area contributed by atoms with Crippen LogP contribution in [0.2, 0.25) is 0 Å². The molecule has 2 heterocycles. The van der Waals surface area contributed by atoms with E-state index in [1.54, 1.807) is 0 Å². The standard InChI is InChI=1S/C14H15F2N3O/c1-8-6-10(4-5-17-8)14-18-13(19-20-14)9-2-3-11(15)12(16)7-9/h2-3,7-8,10,17H,4-6H2,1H3/t8-,10-/m0/s1. The van der Waals surface area contributed by atoms with E-state index in [1.165, 1.54) is 6.07 Å². The average molecular weight is 279 g/mol. The van der Waals surface area contributed by atoms with Crippen LogP contribution in [-0.2, 0) is 0 Å². The van der Waals surface area contributed by atoms with E-state index in [4.69, 9.17) is 4.52 Å². The SMILES string of the molecule is C[C@H]1C[C@@H](c2nc(-c3ccc(F)c(F)c3)no2)CCN1. The highest BCUT2D eigenvalue weighted by atomic mass is 19.2. The lowest BCUT2D eigenvalue weighted by molar-refractivity contribution is 0.295. The minimum absolute atomic E-state index is 0.220. The van der Waals surface area contributed by atoms with E-state index in [2.05, 4.69) is 22.4 Å². The van der Waals surface area contributed by atoms with Crippen LogP contribution in [0.15, 0.2) is 22.7 Å². The predicted molar refractivity (Wildman–Crippen MR) is 69.1 cm³/mol. The second kappa shape index (κ2) is 5.28. The normalized spacial score (nSPS) is 22.9. The summed E-state index contributed by atoms with van der Waals surface area (Å²) in [4.78, 5) is 4.31. The maximum Gasteiger partial charge on any atom is 0.230 e. The van der Waals surface area contributed by atoms with Gasteiger partial charge in [0.2, 0.25) is 11.7 Å². The Morgan fingerprint density at radius 3 is 2.90 bits per heavy atom. The molecule has 106 valence electrons. The van der Waals surface area contributed by atoms with E-state index in [0.29, 0.717) is 23.3 Å². The maximum absolute atomic E-state index is 13.2. The summed E-state index contributed by atoms with van der Waals surface area (Å²) in [5.74, 6) is -0.713. The van der Waals surface area contributed by atoms with Crippen LogP contribution in [0.4, 0.5) is 8.78 Å². The molecule has 2 atom stereocenters. The number of rotatable bonds is 2. The van der Waals surface area contributed by atoms with Gasteiger partial charge in [-0.05, 0) is 44.5 Å². The maximum atomic E-state index is 13.2. The van der Waals surface area contributed by atoms with E-state index in [1.807, 2.05) is 0 Å². The molecule has 1 saturated heterocycles. The van der Waals surface area contributed by atoms with Gasteiger partial charge in [-0.25, -0.2) is 8.78 Å². The van der Waals surface area contributed by atoms with Crippen LogP contribution in [0.1, 0.15) is 31.6 Å². The van der Waals surface area contributed by atoms with Crippen molar-refractivity contribution in [3.05, 3.63) is 35.7 Å². The van der Waals surface area contributed by atoms with Gasteiger partial charge in [0.1, 0.15) is 0 Å². The summed E-state index contributed by atoms with van der Waals surface area (Å²) in [5.41, 5.74) is 0.417. The van der Waals surface area contributed by atoms with E-state index >= 15 is 0 Å². The Balaban J connectivity index is 1.84. The lowest BCUT2D eigenvalue weighted by Crippen LogP contribution is -2.34. The largest absolute Gasteiger partial charge is 0.339 e. The van der Waals surface area contributed by atoms with Gasteiger partial charge in [-0.15, -0.1) is 0 Å². The first-order valence-corrected chi connectivity index (χ1v) is 6.66. The lowest BCUT2D eigenvalue weighted by Gasteiger charge is -2.25. The van der Waals surface area contributed by atoms with E-state index in [9.17, 15) is 8.78 Å². The summed E-state index contributed by atoms with van der Waals surface area (Å²) < 4.78 is 31.4. The van der Waals surface area contributed by atoms with Crippen molar-refractivity contribution >= 4 is 0 Å². The van der Waals surface area contributed by atoms with Gasteiger partial charge in [-0.3, -0.25) is 0 Å². The van der Waals surface area contributed by atoms with Crippen molar-refractivity contribution in [3.63, 3.8) is 0 Å². The Kier molecular flexibility index (Phi) is 3.48. The molecule has 3 rings (SSSR count). The number of nitrogens with one attached hydrogen (secondary N) is 1. The van der Waals surface area contributed by atoms with Gasteiger partial charge in [0.15, 0.2) is 11.6 Å². The zero-order valence-corrected chi connectivity index (χ0v) is 11.1. The van der Waals surface area contributed by atoms with Crippen LogP contribution in [-0.4, -0.2) is 22.7 Å². The first kappa shape index (κ1) is 13.2. The molecule has 2 aromatic rings. The molecule has 1 aromatic heterocycles. The smallest absolute Gasteiger partial charge is 0.230 e. The quantitative estimate of drug-likeness (QED) is 0.918. The van der Waals surface area contributed by atoms with Crippen LogP contribution in [0.5, 0.6) is 0 Å². The molecule has 0 spiro atoms. The zero-order valence-electron chi connectivity index (χ0n) is 11.1. The molecule has 1 fully saturated rings. The Bertz CT molecular complexity index is 614. The molecule has 0 amide bonds. The van der Waals surface area contributed by atoms with Crippen LogP contribution >= 0.6 is 0 Å². The van der Waals surface area contributed by atoms with Crippen molar-refractivity contribution in [2.24, 2.45) is 0 Å². The average Bonchev–Trinajstić information content (AvgIpc) is 2.92. The highest BCUT2D eigenvalue weighted by molar-refractivity contribution is 5.54. The van der Waals surface area contributed by atoms with Gasteiger partial charge in [-0.1, -0.05) is 5.16 Å². The molecule has 1 N–H and O–H groups in total. The number of halogens is 2. The first-order valence-electron chi connectivity index (χ1n) is 6.66. The molecule has 6 heteroatoms. The van der Waals surface area contributed by atoms with E-state index in [0.717, 1.165) is 31.5 Å². The summed E-state index contributed by atoms with van der Waals surface area (Å²) in [6.45, 7) is 3.02. The van der Waals surface area contributed by atoms with Crippen LogP contribution in [0.25, 0.3) is 11.4 Å². The van der Waals surface area contributed by atoms with E-state index < -0.39 is 11.6 Å². The molecule has 1 aliphatic heterocycles. The number of benzene rings is 1. The summed E-state index contributed by atoms with van der Waals surface area (Å²) in [6, 6.07) is 3.99. The van der Waals surface area contributed by atoms with Gasteiger partial charge >= 0.3 is 0 Å². The molecule has 0 radical (unpaired) electrons. The number of aromatic nitrogens is 2. The van der Waals surface area contributed by atoms with Gasteiger partial charge in [0, 0.05) is 17.5 Å². The summed E-state index contributed by atoms with van der Waals surface area (Å²) in [5, 5.41) is 7.21. The number of hydrogen-bond donors (Lipinski definition) is 1. The molecule has 1 aliphatic rings. The molecule has 1 aromatic carbocycles. The summed E-state index contributed by atoms with van der Waals surface area (Å²) in [7, 11) is 0. The van der Waals surface area contributed by atoms with Gasteiger partial charge < -0.3 is 9.84 Å². The second-order valence-corrected chi connectivity index (χ2v) is 5.16. The number of piperidine rings is 1. The first-order chi connectivity index (χ1) is 9.63. The molecule has 4 nitrogen and oxygen atoms in total. The highest BCUT2D eigenvalue weighted by Crippen LogP contribution is 2.28. The van der Waals surface area contributed by atoms with Crippen molar-refractivity contribution in [1.29, 1.82) is 0 Å². The van der Waals surface area contributed by atoms with Crippen molar-refractivity contribution in [1.82, 2.24) is 15.5 Å². The Morgan fingerprint density at radius 2 is 2.15 bits per heavy atom. The van der Waals surface area contributed by atoms with Gasteiger partial charge in [0.05, 0.1) is 0 Å². The Hall–Kier alpha value is -1.82. The van der Waals surface area contributed by atoms with Gasteiger partial charge in [-0.2, -0.15) is 4.98 Å². The fraction of sp³-hybridized carbons (Fsp3) is 0.429. The fourth-order valence-corrected chi connectivity index (χ4v) is 2.51. The van der Waals surface area contributed by atoms with E-state index in [-0.39, 0.29) is 5.92 Å². The lowest BCUT2D eigenvalue weighted by atomic mass is 9.93. The van der Waals surface area contributed by atoms with Crippen molar-refractivity contribution < 1.29 is 13.3 Å². The van der Waals surface area contributed by atoms with Crippen molar-refractivity contribution in [3.8, 4) is 11.4 Å². The molecule has 20 heavy (non-hydrogen) atoms. The Morgan fingerprint density at radius 1 is 1.30 bits per heavy atom. The minimum atomic E-state index is -0.913. The third-order valence-electron chi connectivity index (χ3n) is 3.59. The molecular formula is C14H15F2N3O. The number of nitrogens with zero attached hydrogens (tertiary/aromatic N) is 2. The molecule has 0 saturated carbocycles. The second-order valence-electron chi connectivity index (χ2n) is 5.16. The molecule has 0 unspecified atom stereocenters. The minimum Gasteiger partial charge on any atom is -0.339 e. The zero-order chi connectivity index (χ0) is 14.1. The topological polar surface area (TPSA) is 51.0 Å². The third-order valence-corrected chi connectivity index (χ3v) is 3.59. The van der Waals surface area contributed by atoms with Crippen LogP contribution in [0, 0.1) is 11.6 Å². The monoisotopic (exact) mass is 279 g/mol. The van der Waals surface area contributed by atoms with Crippen LogP contribution in [0.3, 0.4) is 0 Å². The van der Waals surface area contributed by atoms with Crippen molar-refractivity contribution in [2.45, 2.75) is 31.7 Å². The summed E-state index contributed by atoms with van der Waals surface area (Å²) >= 11 is 0. The number of hydrogen-bond acceptors (Lipinski definition) is 4. The Labute approximate surface area is 115 Å². The van der Waals surface area contributed by atoms with Crippen LogP contribution < -0.4 is 5.32 Å². The summed E-state index contributed by atoms with van der Waals surface area (Å²) in [6.07, 6.45) is 1.86. The van der Waals surface area contributed by atoms with Crippen molar-refractivity contribution in [2.75, 3.05) is 6.54 Å². The fourth-order valence-electron chi connectivity index (χ4n) is 2.51. The van der Waals surface area contributed by atoms with Gasteiger partial charge in [0.25, 0.3) is 0 Å². The molecular weight excluding hydrogens is 264 g/mol. The third kappa shape index (κ3) is 2.56.